The number of amides is 1. The van der Waals surface area contributed by atoms with E-state index in [0.29, 0.717) is 29.9 Å². The molecule has 6 rings (SSSR count). The Hall–Kier alpha value is -2.97. The molecule has 5 aliphatic carbocycles. The average Bonchev–Trinajstić information content (AvgIpc) is 3.54. The van der Waals surface area contributed by atoms with Crippen LogP contribution in [0.3, 0.4) is 0 Å². The summed E-state index contributed by atoms with van der Waals surface area (Å²) in [5.41, 5.74) is 0.441. The Bertz CT molecular complexity index is 1550. The molecule has 0 bridgehead atoms. The Balaban J connectivity index is 1.27. The fraction of sp³-hybridized carbons (Fsp3) is 0.769. The molecule has 1 heterocycles. The summed E-state index contributed by atoms with van der Waals surface area (Å²) >= 11 is 0. The van der Waals surface area contributed by atoms with E-state index in [1.165, 1.54) is 5.57 Å². The molecule has 0 radical (unpaired) electrons. The first kappa shape index (κ1) is 34.9. The van der Waals surface area contributed by atoms with Crippen LogP contribution in [0.5, 0.6) is 0 Å². The van der Waals surface area contributed by atoms with Gasteiger partial charge in [-0.3, -0.25) is 19.2 Å². The maximum atomic E-state index is 13.8. The van der Waals surface area contributed by atoms with Gasteiger partial charge in [0.2, 0.25) is 0 Å². The largest absolute Gasteiger partial charge is 0.481 e. The van der Waals surface area contributed by atoms with Crippen molar-refractivity contribution >= 4 is 23.6 Å². The van der Waals surface area contributed by atoms with Crippen LogP contribution in [0.15, 0.2) is 21.7 Å². The van der Waals surface area contributed by atoms with Gasteiger partial charge >= 0.3 is 11.9 Å². The van der Waals surface area contributed by atoms with Crippen LogP contribution < -0.4 is 5.32 Å². The van der Waals surface area contributed by atoms with Crippen molar-refractivity contribution in [2.24, 2.45) is 51.2 Å². The number of nitrogens with zero attached hydrogens (tertiary/aromatic N) is 1. The molecule has 4 saturated carbocycles. The second-order valence-corrected chi connectivity index (χ2v) is 18.1. The first-order valence-corrected chi connectivity index (χ1v) is 18.2. The number of fused-ring (bicyclic) bond motifs is 7. The van der Waals surface area contributed by atoms with E-state index in [1.54, 1.807) is 26.8 Å². The maximum absolute atomic E-state index is 13.8. The zero-order chi connectivity index (χ0) is 35.2. The Labute approximate surface area is 285 Å². The summed E-state index contributed by atoms with van der Waals surface area (Å²) in [6, 6.07) is 1.65. The van der Waals surface area contributed by atoms with Crippen LogP contribution in [-0.2, 0) is 19.1 Å². The van der Waals surface area contributed by atoms with Crippen LogP contribution in [-0.4, -0.2) is 45.5 Å². The number of aryl methyl sites for hydroxylation is 1. The molecular formula is C39H56N2O7. The van der Waals surface area contributed by atoms with Crippen LogP contribution >= 0.6 is 0 Å². The van der Waals surface area contributed by atoms with Gasteiger partial charge in [0.25, 0.3) is 5.91 Å². The van der Waals surface area contributed by atoms with Gasteiger partial charge in [0.1, 0.15) is 11.9 Å². The maximum Gasteiger partial charge on any atom is 0.309 e. The van der Waals surface area contributed by atoms with E-state index >= 15 is 0 Å². The number of ketones is 1. The summed E-state index contributed by atoms with van der Waals surface area (Å²) in [5.74, 6) is 0.642. The van der Waals surface area contributed by atoms with Crippen molar-refractivity contribution in [1.82, 2.24) is 10.5 Å². The van der Waals surface area contributed by atoms with E-state index in [9.17, 15) is 24.3 Å². The molecule has 0 aromatic carbocycles. The Morgan fingerprint density at radius 1 is 1.02 bits per heavy atom. The van der Waals surface area contributed by atoms with Crippen LogP contribution in [0, 0.1) is 58.2 Å². The second kappa shape index (κ2) is 11.5. The van der Waals surface area contributed by atoms with Crippen LogP contribution in [0.1, 0.15) is 136 Å². The molecule has 1 aromatic heterocycles. The number of hydrogen-bond donors (Lipinski definition) is 2. The minimum absolute atomic E-state index is 0.0685. The zero-order valence-corrected chi connectivity index (χ0v) is 30.5. The Kier molecular flexibility index (Phi) is 8.39. The molecule has 8 atom stereocenters. The molecule has 1 aromatic rings. The van der Waals surface area contributed by atoms with Crippen molar-refractivity contribution in [3.63, 3.8) is 0 Å². The summed E-state index contributed by atoms with van der Waals surface area (Å²) in [6.45, 7) is 18.6. The van der Waals surface area contributed by atoms with Crippen LogP contribution in [0.4, 0.5) is 0 Å². The number of ether oxygens (including phenoxy) is 1. The monoisotopic (exact) mass is 664 g/mol. The number of carbonyl (C=O) groups excluding carboxylic acids is 3. The molecule has 264 valence electrons. The quantitative estimate of drug-likeness (QED) is 0.287. The predicted molar refractivity (Wildman–Crippen MR) is 180 cm³/mol. The average molecular weight is 665 g/mol. The molecule has 1 amide bonds. The van der Waals surface area contributed by atoms with Gasteiger partial charge in [-0.25, -0.2) is 0 Å². The summed E-state index contributed by atoms with van der Waals surface area (Å²) in [5, 5.41) is 16.9. The van der Waals surface area contributed by atoms with Gasteiger partial charge in [-0.15, -0.1) is 0 Å². The van der Waals surface area contributed by atoms with Crippen molar-refractivity contribution in [2.45, 2.75) is 138 Å². The number of nitrogens with one attached hydrogen (secondary N) is 1. The Morgan fingerprint density at radius 3 is 2.33 bits per heavy atom. The van der Waals surface area contributed by atoms with E-state index in [-0.39, 0.29) is 58.0 Å². The van der Waals surface area contributed by atoms with Gasteiger partial charge in [-0.2, -0.15) is 0 Å². The summed E-state index contributed by atoms with van der Waals surface area (Å²) in [7, 11) is 0. The third kappa shape index (κ3) is 5.28. The number of esters is 1. The molecule has 4 fully saturated rings. The summed E-state index contributed by atoms with van der Waals surface area (Å²) in [4.78, 5) is 52.0. The van der Waals surface area contributed by atoms with Gasteiger partial charge in [0.15, 0.2) is 11.5 Å². The highest BCUT2D eigenvalue weighted by Gasteiger charge is 2.67. The number of carbonyl (C=O) groups is 4. The lowest BCUT2D eigenvalue weighted by atomic mass is 9.37. The highest BCUT2D eigenvalue weighted by atomic mass is 16.5. The zero-order valence-electron chi connectivity index (χ0n) is 30.5. The molecular weight excluding hydrogens is 608 g/mol. The summed E-state index contributed by atoms with van der Waals surface area (Å²) in [6.07, 6.45) is 7.54. The topological polar surface area (TPSA) is 136 Å². The third-order valence-corrected chi connectivity index (χ3v) is 14.2. The van der Waals surface area contributed by atoms with Crippen molar-refractivity contribution in [3.8, 4) is 0 Å². The van der Waals surface area contributed by atoms with E-state index in [4.69, 9.17) is 9.26 Å². The number of rotatable bonds is 7. The lowest BCUT2D eigenvalue weighted by Crippen LogP contribution is -2.64. The minimum atomic E-state index is -1.17. The molecule has 0 aliphatic heterocycles. The molecule has 5 aliphatic rings. The number of Topliss-reactive ketones (excluding diaryl/α,β-unsaturated/α-hetero) is 1. The smallest absolute Gasteiger partial charge is 0.309 e. The van der Waals surface area contributed by atoms with E-state index in [2.05, 4.69) is 52.0 Å². The van der Waals surface area contributed by atoms with Crippen molar-refractivity contribution in [3.05, 3.63) is 28.7 Å². The van der Waals surface area contributed by atoms with Crippen molar-refractivity contribution in [2.75, 3.05) is 0 Å². The van der Waals surface area contributed by atoms with E-state index in [1.807, 2.05) is 0 Å². The summed E-state index contributed by atoms with van der Waals surface area (Å²) < 4.78 is 11.3. The van der Waals surface area contributed by atoms with Crippen molar-refractivity contribution in [1.29, 1.82) is 0 Å². The molecule has 0 spiro atoms. The van der Waals surface area contributed by atoms with Gasteiger partial charge in [-0.05, 0) is 124 Å². The van der Waals surface area contributed by atoms with Gasteiger partial charge in [-0.1, -0.05) is 46.7 Å². The first-order chi connectivity index (χ1) is 22.3. The molecule has 9 nitrogen and oxygen atoms in total. The fourth-order valence-electron chi connectivity index (χ4n) is 12.0. The van der Waals surface area contributed by atoms with Crippen LogP contribution in [0.25, 0.3) is 0 Å². The van der Waals surface area contributed by atoms with E-state index < -0.39 is 22.9 Å². The number of carboxylic acid groups (broad SMARTS) is 1. The molecule has 2 N–H and O–H groups in total. The molecule has 0 saturated heterocycles. The standard InChI is InChI=1S/C39H56N2O7/c1-21(2)31-26(42)19-39(40-33(44)25-18-22(3)48-41-25)17-12-24-23(32(31)39)10-11-28-37(24,8)15-13-27-36(6,7)29(14-16-38(27,28)9)47-30(43)20-35(4,5)34(45)46/h18,21,23-24,27-29H,10-17,19-20H2,1-9H3,(H,40,44)(H,45,46)/t23?,24?,27?,28?,29-,37?,38-,39+/m0/s1. The number of allylic oxidation sites excluding steroid dienone is 1. The highest BCUT2D eigenvalue weighted by Crippen LogP contribution is 2.72. The number of hydrogen-bond acceptors (Lipinski definition) is 7. The number of carboxylic acids is 1. The predicted octanol–water partition coefficient (Wildman–Crippen LogP) is 7.47. The number of aromatic nitrogens is 1. The van der Waals surface area contributed by atoms with Crippen LogP contribution in [0.2, 0.25) is 0 Å². The SMILES string of the molecule is Cc1cc(C(=O)N[C@@]23CCC4C(CCC5C4(C)CCC4C(C)(C)[C@@H](OC(=O)CC(C)(C)C(=O)O)CC[C@]54C)C2=C(C(C)C)C(=O)C3)no1. The first-order valence-electron chi connectivity index (χ1n) is 18.2. The third-order valence-electron chi connectivity index (χ3n) is 14.2. The minimum Gasteiger partial charge on any atom is -0.481 e. The van der Waals surface area contributed by atoms with Gasteiger partial charge < -0.3 is 19.7 Å². The lowest BCUT2D eigenvalue weighted by molar-refractivity contribution is -0.213. The molecule has 9 heteroatoms. The lowest BCUT2D eigenvalue weighted by Gasteiger charge is -2.68. The molecule has 48 heavy (non-hydrogen) atoms. The highest BCUT2D eigenvalue weighted by molar-refractivity contribution is 6.03. The Morgan fingerprint density at radius 2 is 1.71 bits per heavy atom. The second-order valence-electron chi connectivity index (χ2n) is 18.1. The van der Waals surface area contributed by atoms with E-state index in [0.717, 1.165) is 56.9 Å². The normalized spacial score (nSPS) is 37.3. The molecule has 5 unspecified atom stereocenters. The van der Waals surface area contributed by atoms with Gasteiger partial charge in [0, 0.05) is 17.9 Å². The van der Waals surface area contributed by atoms with Gasteiger partial charge in [0.05, 0.1) is 17.4 Å². The van der Waals surface area contributed by atoms with Crippen molar-refractivity contribution < 1.29 is 33.5 Å². The number of aliphatic carboxylic acids is 1. The fourth-order valence-corrected chi connectivity index (χ4v) is 12.0.